The molecule has 4 nitrogen and oxygen atoms in total. The molecule has 1 N–H and O–H groups in total. The van der Waals surface area contributed by atoms with Gasteiger partial charge in [-0.3, -0.25) is 4.79 Å². The van der Waals surface area contributed by atoms with Crippen LogP contribution in [0.1, 0.15) is 81.8 Å². The molecule has 3 rings (SSSR count). The van der Waals surface area contributed by atoms with Gasteiger partial charge in [-0.25, -0.2) is 4.98 Å². The Labute approximate surface area is 175 Å². The van der Waals surface area contributed by atoms with E-state index in [1.54, 1.807) is 0 Å². The van der Waals surface area contributed by atoms with E-state index >= 15 is 0 Å². The molecule has 156 valence electrons. The fourth-order valence-electron chi connectivity index (χ4n) is 4.03. The Kier molecular flexibility index (Phi) is 7.68. The van der Waals surface area contributed by atoms with E-state index in [4.69, 9.17) is 4.98 Å². The Balaban J connectivity index is 2.01. The van der Waals surface area contributed by atoms with Crippen LogP contribution in [0.3, 0.4) is 0 Å². The number of carbonyl (C=O) groups excluding carboxylic acids is 1. The Bertz CT molecular complexity index is 784. The monoisotopic (exact) mass is 393 g/mol. The molecule has 0 amide bonds. The molecule has 1 atom stereocenters. The van der Waals surface area contributed by atoms with Crippen LogP contribution in [0.15, 0.2) is 42.5 Å². The first-order valence-electron chi connectivity index (χ1n) is 11.2. The van der Waals surface area contributed by atoms with Crippen molar-refractivity contribution in [1.29, 1.82) is 0 Å². The second kappa shape index (κ2) is 10.4. The predicted molar refractivity (Wildman–Crippen MR) is 122 cm³/mol. The molecule has 1 aromatic heterocycles. The van der Waals surface area contributed by atoms with Gasteiger partial charge >= 0.3 is 0 Å². The number of carbonyl (C=O) groups is 1. The van der Waals surface area contributed by atoms with Crippen molar-refractivity contribution in [3.63, 3.8) is 0 Å². The van der Waals surface area contributed by atoms with Crippen LogP contribution in [-0.4, -0.2) is 22.9 Å². The first kappa shape index (κ1) is 21.4. The fourth-order valence-corrected chi connectivity index (χ4v) is 4.03. The van der Waals surface area contributed by atoms with Crippen molar-refractivity contribution in [2.24, 2.45) is 0 Å². The van der Waals surface area contributed by atoms with E-state index in [0.717, 1.165) is 30.9 Å². The largest absolute Gasteiger partial charge is 0.380 e. The quantitative estimate of drug-likeness (QED) is 0.486. The molecule has 29 heavy (non-hydrogen) atoms. The number of pyridine rings is 1. The minimum Gasteiger partial charge on any atom is -0.380 e. The highest BCUT2D eigenvalue weighted by Crippen LogP contribution is 2.34. The van der Waals surface area contributed by atoms with E-state index in [-0.39, 0.29) is 5.78 Å². The van der Waals surface area contributed by atoms with E-state index in [9.17, 15) is 4.79 Å². The van der Waals surface area contributed by atoms with Crippen LogP contribution in [-0.2, 0) is 6.54 Å². The number of benzene rings is 1. The van der Waals surface area contributed by atoms with E-state index in [1.807, 2.05) is 13.0 Å². The first-order chi connectivity index (χ1) is 14.1. The van der Waals surface area contributed by atoms with Gasteiger partial charge in [0.2, 0.25) is 0 Å². The van der Waals surface area contributed by atoms with Crippen LogP contribution in [0.4, 0.5) is 11.5 Å². The second-order valence-corrected chi connectivity index (χ2v) is 8.25. The van der Waals surface area contributed by atoms with Crippen molar-refractivity contribution in [3.8, 4) is 0 Å². The molecule has 1 unspecified atom stereocenters. The highest BCUT2D eigenvalue weighted by Gasteiger charge is 2.27. The lowest BCUT2D eigenvalue weighted by molar-refractivity contribution is 0.0977. The van der Waals surface area contributed by atoms with Gasteiger partial charge in [0.1, 0.15) is 5.69 Å². The summed E-state index contributed by atoms with van der Waals surface area (Å²) in [4.78, 5) is 20.0. The number of nitrogens with zero attached hydrogens (tertiary/aromatic N) is 2. The van der Waals surface area contributed by atoms with Gasteiger partial charge in [0, 0.05) is 25.0 Å². The summed E-state index contributed by atoms with van der Waals surface area (Å²) in [5, 5.41) is 3.63. The van der Waals surface area contributed by atoms with Gasteiger partial charge in [0.05, 0.1) is 5.69 Å². The van der Waals surface area contributed by atoms with Gasteiger partial charge in [-0.1, -0.05) is 57.0 Å². The first-order valence-corrected chi connectivity index (χ1v) is 11.2. The van der Waals surface area contributed by atoms with Crippen LogP contribution in [0.25, 0.3) is 0 Å². The minimum absolute atomic E-state index is 0.134. The van der Waals surface area contributed by atoms with E-state index in [2.05, 4.69) is 60.5 Å². The number of aromatic nitrogens is 1. The third-order valence-electron chi connectivity index (χ3n) is 5.89. The summed E-state index contributed by atoms with van der Waals surface area (Å²) in [5.41, 5.74) is 2.91. The summed E-state index contributed by atoms with van der Waals surface area (Å²) in [5.74, 6) is 1.07. The van der Waals surface area contributed by atoms with Crippen LogP contribution in [0, 0.1) is 0 Å². The SMILES string of the molecule is CCCC(=O)c1ccc(NC(C)CC)c(N(Cc2ccccc2)C2CCCC2)n1. The topological polar surface area (TPSA) is 45.2 Å². The molecular weight excluding hydrogens is 358 g/mol. The number of anilines is 2. The minimum atomic E-state index is 0.134. The van der Waals surface area contributed by atoms with Crippen molar-refractivity contribution < 1.29 is 4.79 Å². The zero-order valence-corrected chi connectivity index (χ0v) is 18.2. The highest BCUT2D eigenvalue weighted by molar-refractivity contribution is 5.95. The molecule has 1 fully saturated rings. The maximum Gasteiger partial charge on any atom is 0.181 e. The molecule has 0 spiro atoms. The number of ketones is 1. The third kappa shape index (κ3) is 5.59. The molecule has 1 aliphatic carbocycles. The molecule has 1 heterocycles. The third-order valence-corrected chi connectivity index (χ3v) is 5.89. The van der Waals surface area contributed by atoms with Crippen LogP contribution in [0.5, 0.6) is 0 Å². The molecule has 0 aliphatic heterocycles. The summed E-state index contributed by atoms with van der Waals surface area (Å²) >= 11 is 0. The molecule has 2 aromatic rings. The number of nitrogens with one attached hydrogen (secondary N) is 1. The maximum atomic E-state index is 12.6. The average molecular weight is 394 g/mol. The second-order valence-electron chi connectivity index (χ2n) is 8.25. The number of hydrogen-bond acceptors (Lipinski definition) is 4. The maximum absolute atomic E-state index is 12.6. The fraction of sp³-hybridized carbons (Fsp3) is 0.520. The van der Waals surface area contributed by atoms with Gasteiger partial charge in [0.15, 0.2) is 11.6 Å². The lowest BCUT2D eigenvalue weighted by atomic mass is 10.1. The van der Waals surface area contributed by atoms with Gasteiger partial charge in [-0.2, -0.15) is 0 Å². The van der Waals surface area contributed by atoms with E-state index in [1.165, 1.54) is 31.2 Å². The molecule has 0 saturated heterocycles. The van der Waals surface area contributed by atoms with Gasteiger partial charge in [-0.15, -0.1) is 0 Å². The zero-order chi connectivity index (χ0) is 20.6. The van der Waals surface area contributed by atoms with Crippen molar-refractivity contribution >= 4 is 17.3 Å². The number of Topliss-reactive ketones (excluding diaryl/α,β-unsaturated/α-hetero) is 1. The molecule has 4 heteroatoms. The van der Waals surface area contributed by atoms with Crippen LogP contribution in [0.2, 0.25) is 0 Å². The van der Waals surface area contributed by atoms with Crippen molar-refractivity contribution in [2.75, 3.05) is 10.2 Å². The van der Waals surface area contributed by atoms with Crippen LogP contribution < -0.4 is 10.2 Å². The molecular formula is C25H35N3O. The highest BCUT2D eigenvalue weighted by atomic mass is 16.1. The van der Waals surface area contributed by atoms with Gasteiger partial charge < -0.3 is 10.2 Å². The molecule has 1 aromatic carbocycles. The Hall–Kier alpha value is -2.36. The predicted octanol–water partition coefficient (Wildman–Crippen LogP) is 6.22. The zero-order valence-electron chi connectivity index (χ0n) is 18.2. The average Bonchev–Trinajstić information content (AvgIpc) is 3.28. The molecule has 1 saturated carbocycles. The Morgan fingerprint density at radius 1 is 1.14 bits per heavy atom. The van der Waals surface area contributed by atoms with E-state index in [0.29, 0.717) is 24.2 Å². The Morgan fingerprint density at radius 2 is 1.86 bits per heavy atom. The van der Waals surface area contributed by atoms with Crippen molar-refractivity contribution in [3.05, 3.63) is 53.7 Å². The van der Waals surface area contributed by atoms with Gasteiger partial charge in [-0.05, 0) is 50.3 Å². The molecule has 1 aliphatic rings. The standard InChI is InChI=1S/C25H35N3O/c1-4-11-24(29)22-16-17-23(26-19(3)5-2)25(27-22)28(21-14-9-10-15-21)18-20-12-7-6-8-13-20/h6-8,12-13,16-17,19,21,26H,4-5,9-11,14-15,18H2,1-3H3. The normalized spacial score (nSPS) is 15.3. The number of rotatable bonds is 10. The summed E-state index contributed by atoms with van der Waals surface area (Å²) in [6.07, 6.45) is 7.33. The summed E-state index contributed by atoms with van der Waals surface area (Å²) < 4.78 is 0. The molecule has 0 radical (unpaired) electrons. The Morgan fingerprint density at radius 3 is 2.52 bits per heavy atom. The summed E-state index contributed by atoms with van der Waals surface area (Å²) in [6, 6.07) is 15.4. The van der Waals surface area contributed by atoms with Crippen molar-refractivity contribution in [2.45, 2.75) is 84.3 Å². The van der Waals surface area contributed by atoms with Crippen LogP contribution >= 0.6 is 0 Å². The summed E-state index contributed by atoms with van der Waals surface area (Å²) in [7, 11) is 0. The van der Waals surface area contributed by atoms with Gasteiger partial charge in [0.25, 0.3) is 0 Å². The lowest BCUT2D eigenvalue weighted by Gasteiger charge is -2.33. The molecule has 0 bridgehead atoms. The lowest BCUT2D eigenvalue weighted by Crippen LogP contribution is -2.35. The number of hydrogen-bond donors (Lipinski definition) is 1. The summed E-state index contributed by atoms with van der Waals surface area (Å²) in [6.45, 7) is 7.23. The van der Waals surface area contributed by atoms with Crippen molar-refractivity contribution in [1.82, 2.24) is 4.98 Å². The van der Waals surface area contributed by atoms with E-state index < -0.39 is 0 Å². The smallest absolute Gasteiger partial charge is 0.181 e.